The van der Waals surface area contributed by atoms with Gasteiger partial charge in [0, 0.05) is 5.56 Å². The first kappa shape index (κ1) is 13.5. The SMILES string of the molecule is COc1cccc2c1-c1ccccc1C(C(N)C(=O)O)O2. The number of ether oxygens (including phenoxy) is 2. The van der Waals surface area contributed by atoms with Crippen molar-refractivity contribution < 1.29 is 19.4 Å². The Balaban J connectivity index is 2.21. The molecule has 5 nitrogen and oxygen atoms in total. The fourth-order valence-electron chi connectivity index (χ4n) is 2.61. The van der Waals surface area contributed by atoms with E-state index in [0.29, 0.717) is 11.5 Å². The van der Waals surface area contributed by atoms with Crippen molar-refractivity contribution in [3.8, 4) is 22.6 Å². The van der Waals surface area contributed by atoms with Gasteiger partial charge in [-0.1, -0.05) is 30.3 Å². The number of carboxylic acids is 1. The molecule has 0 radical (unpaired) electrons. The van der Waals surface area contributed by atoms with Crippen LogP contribution in [0.2, 0.25) is 0 Å². The number of hydrogen-bond acceptors (Lipinski definition) is 4. The molecule has 2 aromatic carbocycles. The molecule has 1 aliphatic rings. The van der Waals surface area contributed by atoms with E-state index in [4.69, 9.17) is 15.2 Å². The van der Waals surface area contributed by atoms with Gasteiger partial charge in [0.1, 0.15) is 17.5 Å². The summed E-state index contributed by atoms with van der Waals surface area (Å²) in [5, 5.41) is 9.18. The first-order valence-corrected chi connectivity index (χ1v) is 6.55. The van der Waals surface area contributed by atoms with Gasteiger partial charge in [0.05, 0.1) is 12.7 Å². The molecule has 1 aliphatic heterocycles. The van der Waals surface area contributed by atoms with Gasteiger partial charge < -0.3 is 20.3 Å². The molecule has 3 N–H and O–H groups in total. The monoisotopic (exact) mass is 285 g/mol. The van der Waals surface area contributed by atoms with Crippen LogP contribution in [0.4, 0.5) is 0 Å². The van der Waals surface area contributed by atoms with E-state index in [1.54, 1.807) is 19.2 Å². The molecule has 0 saturated heterocycles. The smallest absolute Gasteiger partial charge is 0.324 e. The van der Waals surface area contributed by atoms with Crippen LogP contribution in [0.25, 0.3) is 11.1 Å². The van der Waals surface area contributed by atoms with Crippen LogP contribution < -0.4 is 15.2 Å². The van der Waals surface area contributed by atoms with Crippen LogP contribution >= 0.6 is 0 Å². The fourth-order valence-corrected chi connectivity index (χ4v) is 2.61. The van der Waals surface area contributed by atoms with Crippen LogP contribution in [0.1, 0.15) is 11.7 Å². The Morgan fingerprint density at radius 3 is 2.76 bits per heavy atom. The summed E-state index contributed by atoms with van der Waals surface area (Å²) in [5.41, 5.74) is 8.24. The maximum Gasteiger partial charge on any atom is 0.324 e. The largest absolute Gasteiger partial charge is 0.496 e. The number of hydrogen-bond donors (Lipinski definition) is 2. The number of rotatable bonds is 3. The molecule has 2 unspecified atom stereocenters. The molecule has 3 rings (SSSR count). The van der Waals surface area contributed by atoms with Gasteiger partial charge in [-0.25, -0.2) is 0 Å². The lowest BCUT2D eigenvalue weighted by atomic mass is 9.89. The predicted molar refractivity (Wildman–Crippen MR) is 77.4 cm³/mol. The van der Waals surface area contributed by atoms with E-state index < -0.39 is 18.1 Å². The van der Waals surface area contributed by atoms with Crippen LogP contribution in [0, 0.1) is 0 Å². The average Bonchev–Trinajstić information content (AvgIpc) is 2.52. The zero-order valence-corrected chi connectivity index (χ0v) is 11.4. The van der Waals surface area contributed by atoms with Crippen molar-refractivity contribution in [2.75, 3.05) is 7.11 Å². The molecular weight excluding hydrogens is 270 g/mol. The van der Waals surface area contributed by atoms with Crippen LogP contribution in [0.3, 0.4) is 0 Å². The Morgan fingerprint density at radius 2 is 2.05 bits per heavy atom. The summed E-state index contributed by atoms with van der Waals surface area (Å²) in [7, 11) is 1.59. The van der Waals surface area contributed by atoms with Crippen LogP contribution in [-0.2, 0) is 4.79 Å². The molecule has 0 aromatic heterocycles. The zero-order valence-electron chi connectivity index (χ0n) is 11.4. The minimum atomic E-state index is -1.13. The van der Waals surface area contributed by atoms with Gasteiger partial charge in [-0.15, -0.1) is 0 Å². The van der Waals surface area contributed by atoms with E-state index in [1.807, 2.05) is 30.3 Å². The predicted octanol–water partition coefficient (Wildman–Crippen LogP) is 2.21. The Morgan fingerprint density at radius 1 is 1.29 bits per heavy atom. The number of fused-ring (bicyclic) bond motifs is 3. The third kappa shape index (κ3) is 2.11. The summed E-state index contributed by atoms with van der Waals surface area (Å²) < 4.78 is 11.2. The molecule has 0 spiro atoms. The number of methoxy groups -OCH3 is 1. The topological polar surface area (TPSA) is 81.8 Å². The second kappa shape index (κ2) is 5.10. The van der Waals surface area contributed by atoms with E-state index >= 15 is 0 Å². The van der Waals surface area contributed by atoms with Crippen molar-refractivity contribution >= 4 is 5.97 Å². The lowest BCUT2D eigenvalue weighted by Gasteiger charge is -2.31. The van der Waals surface area contributed by atoms with Gasteiger partial charge in [0.25, 0.3) is 0 Å². The number of carbonyl (C=O) groups is 1. The standard InChI is InChI=1S/C16H15NO4/c1-20-11-7-4-8-12-13(11)9-5-2-3-6-10(9)15(21-12)14(17)16(18)19/h2-8,14-15H,17H2,1H3,(H,18,19). The number of benzene rings is 2. The van der Waals surface area contributed by atoms with Gasteiger partial charge in [0.15, 0.2) is 6.10 Å². The maximum atomic E-state index is 11.2. The van der Waals surface area contributed by atoms with Crippen molar-refractivity contribution in [2.24, 2.45) is 5.73 Å². The lowest BCUT2D eigenvalue weighted by Crippen LogP contribution is -2.40. The van der Waals surface area contributed by atoms with Crippen LogP contribution in [0.5, 0.6) is 11.5 Å². The quantitative estimate of drug-likeness (QED) is 0.903. The fraction of sp³-hybridized carbons (Fsp3) is 0.188. The van der Waals surface area contributed by atoms with E-state index in [0.717, 1.165) is 16.7 Å². The summed E-state index contributed by atoms with van der Waals surface area (Å²) in [5.74, 6) is 0.165. The first-order valence-electron chi connectivity index (χ1n) is 6.55. The van der Waals surface area contributed by atoms with E-state index in [1.165, 1.54) is 0 Å². The Hall–Kier alpha value is -2.53. The molecule has 0 amide bonds. The van der Waals surface area contributed by atoms with Gasteiger partial charge in [-0.3, -0.25) is 4.79 Å². The second-order valence-electron chi connectivity index (χ2n) is 4.82. The summed E-state index contributed by atoms with van der Waals surface area (Å²) in [6, 6.07) is 11.8. The molecule has 2 atom stereocenters. The molecule has 0 aliphatic carbocycles. The van der Waals surface area contributed by atoms with Crippen molar-refractivity contribution in [2.45, 2.75) is 12.1 Å². The maximum absolute atomic E-state index is 11.2. The lowest BCUT2D eigenvalue weighted by molar-refractivity contribution is -0.140. The molecule has 1 heterocycles. The van der Waals surface area contributed by atoms with Gasteiger partial charge in [0.2, 0.25) is 0 Å². The molecule has 0 saturated carbocycles. The third-order valence-electron chi connectivity index (χ3n) is 3.61. The van der Waals surface area contributed by atoms with Crippen molar-refractivity contribution in [1.29, 1.82) is 0 Å². The Kier molecular flexibility index (Phi) is 3.27. The zero-order chi connectivity index (χ0) is 15.0. The van der Waals surface area contributed by atoms with E-state index in [9.17, 15) is 9.90 Å². The number of nitrogens with two attached hydrogens (primary N) is 1. The Labute approximate surface area is 121 Å². The molecule has 108 valence electrons. The molecule has 0 fully saturated rings. The molecule has 2 aromatic rings. The minimum absolute atomic E-state index is 0.578. The van der Waals surface area contributed by atoms with Gasteiger partial charge in [-0.05, 0) is 17.7 Å². The first-order chi connectivity index (χ1) is 10.1. The summed E-state index contributed by atoms with van der Waals surface area (Å²) in [6.07, 6.45) is -0.724. The summed E-state index contributed by atoms with van der Waals surface area (Å²) in [6.45, 7) is 0. The third-order valence-corrected chi connectivity index (χ3v) is 3.61. The van der Waals surface area contributed by atoms with Gasteiger partial charge in [-0.2, -0.15) is 0 Å². The van der Waals surface area contributed by atoms with Crippen molar-refractivity contribution in [1.82, 2.24) is 0 Å². The van der Waals surface area contributed by atoms with Crippen LogP contribution in [-0.4, -0.2) is 24.2 Å². The van der Waals surface area contributed by atoms with Crippen molar-refractivity contribution in [3.05, 3.63) is 48.0 Å². The molecule has 5 heteroatoms. The summed E-state index contributed by atoms with van der Waals surface area (Å²) >= 11 is 0. The van der Waals surface area contributed by atoms with Crippen LogP contribution in [0.15, 0.2) is 42.5 Å². The summed E-state index contributed by atoms with van der Waals surface area (Å²) in [4.78, 5) is 11.2. The number of aliphatic carboxylic acids is 1. The van der Waals surface area contributed by atoms with E-state index in [-0.39, 0.29) is 0 Å². The minimum Gasteiger partial charge on any atom is -0.496 e. The molecule has 0 bridgehead atoms. The Bertz CT molecular complexity index is 698. The highest BCUT2D eigenvalue weighted by atomic mass is 16.5. The average molecular weight is 285 g/mol. The molecule has 21 heavy (non-hydrogen) atoms. The normalized spacial score (nSPS) is 17.1. The highest BCUT2D eigenvalue weighted by Gasteiger charge is 2.35. The van der Waals surface area contributed by atoms with E-state index in [2.05, 4.69) is 0 Å². The second-order valence-corrected chi connectivity index (χ2v) is 4.82. The highest BCUT2D eigenvalue weighted by Crippen LogP contribution is 2.47. The molecular formula is C16H15NO4. The van der Waals surface area contributed by atoms with Gasteiger partial charge >= 0.3 is 5.97 Å². The van der Waals surface area contributed by atoms with Crippen molar-refractivity contribution in [3.63, 3.8) is 0 Å². The highest BCUT2D eigenvalue weighted by molar-refractivity contribution is 5.83. The number of carboxylic acid groups (broad SMARTS) is 1.